The Bertz CT molecular complexity index is 1250. The lowest BCUT2D eigenvalue weighted by atomic mass is 10.2. The topological polar surface area (TPSA) is 75.7 Å². The van der Waals surface area contributed by atoms with Crippen molar-refractivity contribution in [2.24, 2.45) is 0 Å². The van der Waals surface area contributed by atoms with Gasteiger partial charge in [0.25, 0.3) is 15.9 Å². The number of ether oxygens (including phenoxy) is 1. The van der Waals surface area contributed by atoms with Crippen LogP contribution >= 0.6 is 11.6 Å². The second-order valence-electron chi connectivity index (χ2n) is 7.07. The average molecular weight is 461 g/mol. The lowest BCUT2D eigenvalue weighted by Crippen LogP contribution is -2.48. The van der Waals surface area contributed by atoms with E-state index in [1.54, 1.807) is 18.2 Å². The van der Waals surface area contributed by atoms with E-state index in [-0.39, 0.29) is 28.6 Å². The van der Waals surface area contributed by atoms with Crippen LogP contribution in [0.2, 0.25) is 5.02 Å². The second kappa shape index (κ2) is 8.20. The first-order valence-electron chi connectivity index (χ1n) is 9.36. The highest BCUT2D eigenvalue weighted by atomic mass is 35.5. The zero-order valence-corrected chi connectivity index (χ0v) is 18.0. The van der Waals surface area contributed by atoms with Gasteiger partial charge in [0.2, 0.25) is 0 Å². The van der Waals surface area contributed by atoms with Crippen molar-refractivity contribution in [3.8, 4) is 5.75 Å². The zero-order chi connectivity index (χ0) is 22.2. The van der Waals surface area contributed by atoms with E-state index in [0.717, 1.165) is 15.9 Å². The number of benzene rings is 3. The number of hydrogen-bond donors (Lipinski definition) is 1. The molecule has 0 aliphatic carbocycles. The number of nitrogens with zero attached hydrogens (tertiary/aromatic N) is 1. The molecular formula is C22H18ClFN2O4S. The summed E-state index contributed by atoms with van der Waals surface area (Å²) in [5.74, 6) is -0.910. The highest BCUT2D eigenvalue weighted by Gasteiger charge is 2.37. The Balaban J connectivity index is 1.70. The van der Waals surface area contributed by atoms with E-state index in [1.807, 2.05) is 6.92 Å². The van der Waals surface area contributed by atoms with Crippen molar-refractivity contribution in [1.82, 2.24) is 0 Å². The number of halogens is 2. The molecule has 3 aromatic rings. The normalized spacial score (nSPS) is 15.7. The van der Waals surface area contributed by atoms with Gasteiger partial charge in [-0.05, 0) is 55.5 Å². The fraction of sp³-hybridized carbons (Fsp3) is 0.136. The maximum Gasteiger partial charge on any atom is 0.267 e. The summed E-state index contributed by atoms with van der Waals surface area (Å²) in [6, 6.07) is 16.3. The Morgan fingerprint density at radius 2 is 1.87 bits per heavy atom. The first-order chi connectivity index (χ1) is 14.7. The average Bonchev–Trinajstić information content (AvgIpc) is 2.73. The number of rotatable bonds is 4. The number of hydrogen-bond acceptors (Lipinski definition) is 4. The van der Waals surface area contributed by atoms with Crippen LogP contribution in [0.1, 0.15) is 5.56 Å². The number of sulfonamides is 1. The third-order valence-corrected chi connectivity index (χ3v) is 6.81. The number of carbonyl (C=O) groups excluding carboxylic acids is 1. The van der Waals surface area contributed by atoms with Gasteiger partial charge in [0, 0.05) is 10.7 Å². The van der Waals surface area contributed by atoms with E-state index in [0.29, 0.717) is 5.02 Å². The van der Waals surface area contributed by atoms with Crippen molar-refractivity contribution in [3.63, 3.8) is 0 Å². The fourth-order valence-electron chi connectivity index (χ4n) is 3.22. The molecule has 0 unspecified atom stereocenters. The summed E-state index contributed by atoms with van der Waals surface area (Å²) in [4.78, 5) is 12.9. The van der Waals surface area contributed by atoms with Crippen LogP contribution in [-0.2, 0) is 14.8 Å². The third kappa shape index (κ3) is 4.35. The predicted molar refractivity (Wildman–Crippen MR) is 117 cm³/mol. The van der Waals surface area contributed by atoms with Crippen LogP contribution in [-0.4, -0.2) is 27.0 Å². The first kappa shape index (κ1) is 21.1. The summed E-state index contributed by atoms with van der Waals surface area (Å²) in [6.07, 6.45) is -1.16. The van der Waals surface area contributed by atoms with Gasteiger partial charge in [-0.15, -0.1) is 0 Å². The first-order valence-corrected chi connectivity index (χ1v) is 11.2. The number of anilines is 2. The molecule has 1 aliphatic rings. The molecule has 0 fully saturated rings. The molecule has 4 rings (SSSR count). The molecular weight excluding hydrogens is 443 g/mol. The van der Waals surface area contributed by atoms with E-state index >= 15 is 0 Å². The number of fused-ring (bicyclic) bond motifs is 1. The number of aryl methyl sites for hydroxylation is 1. The Labute approximate surface area is 184 Å². The summed E-state index contributed by atoms with van der Waals surface area (Å²) in [7, 11) is -4.00. The van der Waals surface area contributed by atoms with Crippen molar-refractivity contribution in [3.05, 3.63) is 83.1 Å². The Kier molecular flexibility index (Phi) is 5.60. The van der Waals surface area contributed by atoms with E-state index in [2.05, 4.69) is 5.32 Å². The summed E-state index contributed by atoms with van der Waals surface area (Å²) in [5, 5.41) is 2.89. The highest BCUT2D eigenvalue weighted by molar-refractivity contribution is 7.92. The smallest absolute Gasteiger partial charge is 0.267 e. The van der Waals surface area contributed by atoms with E-state index < -0.39 is 27.9 Å². The Hall–Kier alpha value is -3.10. The predicted octanol–water partition coefficient (Wildman–Crippen LogP) is 4.38. The number of amides is 1. The Morgan fingerprint density at radius 1 is 1.13 bits per heavy atom. The van der Waals surface area contributed by atoms with Crippen LogP contribution in [0.4, 0.5) is 15.8 Å². The van der Waals surface area contributed by atoms with Gasteiger partial charge < -0.3 is 10.1 Å². The minimum absolute atomic E-state index is 0.0789. The third-order valence-electron chi connectivity index (χ3n) is 4.78. The maximum atomic E-state index is 13.4. The van der Waals surface area contributed by atoms with Crippen molar-refractivity contribution >= 4 is 38.9 Å². The molecule has 1 aliphatic heterocycles. The van der Waals surface area contributed by atoms with Crippen LogP contribution < -0.4 is 14.4 Å². The van der Waals surface area contributed by atoms with Gasteiger partial charge in [0.05, 0.1) is 17.1 Å². The summed E-state index contributed by atoms with van der Waals surface area (Å²) >= 11 is 6.09. The summed E-state index contributed by atoms with van der Waals surface area (Å²) < 4.78 is 47.1. The molecule has 160 valence electrons. The molecule has 31 heavy (non-hydrogen) atoms. The Morgan fingerprint density at radius 3 is 2.58 bits per heavy atom. The van der Waals surface area contributed by atoms with Gasteiger partial charge >= 0.3 is 0 Å². The van der Waals surface area contributed by atoms with Gasteiger partial charge in [-0.3, -0.25) is 9.10 Å². The molecule has 1 N–H and O–H groups in total. The van der Waals surface area contributed by atoms with Crippen molar-refractivity contribution in [2.75, 3.05) is 16.2 Å². The van der Waals surface area contributed by atoms with Gasteiger partial charge in [0.15, 0.2) is 6.10 Å². The maximum absolute atomic E-state index is 13.4. The molecule has 0 saturated heterocycles. The molecule has 1 amide bonds. The van der Waals surface area contributed by atoms with Crippen molar-refractivity contribution in [1.29, 1.82) is 0 Å². The molecule has 0 bridgehead atoms. The molecule has 0 aromatic heterocycles. The molecule has 6 nitrogen and oxygen atoms in total. The molecule has 0 saturated carbocycles. The molecule has 0 radical (unpaired) electrons. The lowest BCUT2D eigenvalue weighted by molar-refractivity contribution is -0.122. The molecule has 9 heteroatoms. The minimum Gasteiger partial charge on any atom is -0.476 e. The van der Waals surface area contributed by atoms with Crippen molar-refractivity contribution in [2.45, 2.75) is 17.9 Å². The molecule has 1 atom stereocenters. The lowest BCUT2D eigenvalue weighted by Gasteiger charge is -2.34. The fourth-order valence-corrected chi connectivity index (χ4v) is 4.85. The number of carbonyl (C=O) groups is 1. The van der Waals surface area contributed by atoms with Crippen LogP contribution in [0.3, 0.4) is 0 Å². The van der Waals surface area contributed by atoms with Crippen LogP contribution in [0, 0.1) is 12.7 Å². The quantitative estimate of drug-likeness (QED) is 0.626. The monoisotopic (exact) mass is 460 g/mol. The largest absolute Gasteiger partial charge is 0.476 e. The molecule has 1 heterocycles. The van der Waals surface area contributed by atoms with Gasteiger partial charge in [-0.25, -0.2) is 12.8 Å². The van der Waals surface area contributed by atoms with Gasteiger partial charge in [-0.2, -0.15) is 0 Å². The van der Waals surface area contributed by atoms with Gasteiger partial charge in [-0.1, -0.05) is 35.4 Å². The van der Waals surface area contributed by atoms with E-state index in [9.17, 15) is 17.6 Å². The minimum atomic E-state index is -4.00. The van der Waals surface area contributed by atoms with Crippen molar-refractivity contribution < 1.29 is 22.3 Å². The standard InChI is InChI=1S/C22H18ClFN2O4S/c1-14-5-8-18(9-6-14)31(28,29)26-13-21(30-20-10-7-15(23)11-19(20)26)22(27)25-17-4-2-3-16(24)12-17/h2-12,21H,13H2,1H3,(H,25,27)/t21-/m0/s1. The van der Waals surface area contributed by atoms with Gasteiger partial charge in [0.1, 0.15) is 11.6 Å². The van der Waals surface area contributed by atoms with Crippen LogP contribution in [0.25, 0.3) is 0 Å². The van der Waals surface area contributed by atoms with E-state index in [1.165, 1.54) is 42.5 Å². The number of nitrogens with one attached hydrogen (secondary N) is 1. The van der Waals surface area contributed by atoms with Crippen LogP contribution in [0.5, 0.6) is 5.75 Å². The summed E-state index contributed by atoms with van der Waals surface area (Å²) in [5.41, 5.74) is 1.39. The molecule has 3 aromatic carbocycles. The van der Waals surface area contributed by atoms with Crippen LogP contribution in [0.15, 0.2) is 71.6 Å². The molecule has 0 spiro atoms. The van der Waals surface area contributed by atoms with E-state index in [4.69, 9.17) is 16.3 Å². The SMILES string of the molecule is Cc1ccc(S(=O)(=O)N2C[C@@H](C(=O)Nc3cccc(F)c3)Oc3ccc(Cl)cc32)cc1. The second-order valence-corrected chi connectivity index (χ2v) is 9.37. The zero-order valence-electron chi connectivity index (χ0n) is 16.4. The highest BCUT2D eigenvalue weighted by Crippen LogP contribution is 2.39. The summed E-state index contributed by atoms with van der Waals surface area (Å²) in [6.45, 7) is 1.58.